The van der Waals surface area contributed by atoms with Crippen molar-refractivity contribution in [3.63, 3.8) is 0 Å². The van der Waals surface area contributed by atoms with E-state index < -0.39 is 23.4 Å². The fraction of sp³-hybridized carbons (Fsp3) is 0.125. The second kappa shape index (κ2) is 3.84. The molecular weight excluding hydrogens is 221 g/mol. The average Bonchev–Trinajstić information content (AvgIpc) is 2.15. The van der Waals surface area contributed by atoms with Gasteiger partial charge in [-0.2, -0.15) is 22.0 Å². The maximum Gasteiger partial charge on any atom is 0.447 e. The van der Waals surface area contributed by atoms with E-state index in [-0.39, 0.29) is 4.57 Å². The van der Waals surface area contributed by atoms with E-state index in [4.69, 9.17) is 0 Å². The molecule has 0 aliphatic rings. The quantitative estimate of drug-likeness (QED) is 0.673. The van der Waals surface area contributed by atoms with Gasteiger partial charge in [0.2, 0.25) is 5.95 Å². The molecule has 2 nitrogen and oxygen atoms in total. The monoisotopic (exact) mass is 225 g/mol. The van der Waals surface area contributed by atoms with Crippen molar-refractivity contribution in [1.29, 1.82) is 0 Å². The molecule has 1 aromatic heterocycles. The summed E-state index contributed by atoms with van der Waals surface area (Å²) in [6.45, 7) is 0. The van der Waals surface area contributed by atoms with Crippen LogP contribution in [0.2, 0.25) is 0 Å². The Morgan fingerprint density at radius 2 is 1.60 bits per heavy atom. The topological polar surface area (TPSA) is 22.0 Å². The molecule has 1 rings (SSSR count). The number of rotatable bonds is 1. The van der Waals surface area contributed by atoms with Crippen molar-refractivity contribution in [2.45, 2.75) is 6.18 Å². The molecule has 0 aliphatic heterocycles. The highest BCUT2D eigenvalue weighted by Crippen LogP contribution is 2.31. The number of hydrogen-bond donors (Lipinski definition) is 0. The third kappa shape index (κ3) is 2.64. The number of halogens is 5. The molecule has 0 amide bonds. The molecule has 0 unspecified atom stereocenters. The van der Waals surface area contributed by atoms with E-state index in [0.717, 1.165) is 12.1 Å². The summed E-state index contributed by atoms with van der Waals surface area (Å²) >= 11 is 0. The lowest BCUT2D eigenvalue weighted by molar-refractivity contribution is -0.109. The maximum atomic E-state index is 12.8. The first-order valence-corrected chi connectivity index (χ1v) is 3.63. The summed E-state index contributed by atoms with van der Waals surface area (Å²) in [5.74, 6) is -4.95. The van der Waals surface area contributed by atoms with Gasteiger partial charge in [0.1, 0.15) is 0 Å². The first kappa shape index (κ1) is 11.4. The summed E-state index contributed by atoms with van der Waals surface area (Å²) in [4.78, 5) is 10.5. The van der Waals surface area contributed by atoms with Gasteiger partial charge in [0.05, 0.1) is 0 Å². The van der Waals surface area contributed by atoms with E-state index in [9.17, 15) is 26.7 Å². The van der Waals surface area contributed by atoms with Gasteiger partial charge in [-0.15, -0.1) is 0 Å². The summed E-state index contributed by atoms with van der Waals surface area (Å²) < 4.78 is 60.5. The highest BCUT2D eigenvalue weighted by atomic mass is 19.4. The zero-order valence-corrected chi connectivity index (χ0v) is 7.05. The number of pyridine rings is 1. The lowest BCUT2D eigenvalue weighted by Crippen LogP contribution is -2.12. The van der Waals surface area contributed by atoms with Crippen molar-refractivity contribution >= 4 is 5.95 Å². The second-order valence-electron chi connectivity index (χ2n) is 2.54. The Kier molecular flexibility index (Phi) is 2.92. The minimum absolute atomic E-state index is 0.226. The van der Waals surface area contributed by atoms with E-state index in [1.807, 2.05) is 0 Å². The van der Waals surface area contributed by atoms with E-state index in [2.05, 4.69) is 0 Å². The largest absolute Gasteiger partial charge is 0.447 e. The van der Waals surface area contributed by atoms with E-state index in [1.165, 1.54) is 0 Å². The number of alkyl halides is 3. The summed E-state index contributed by atoms with van der Waals surface area (Å²) in [6, 6.07) is 1.62. The molecule has 7 heteroatoms. The van der Waals surface area contributed by atoms with Gasteiger partial charge in [-0.25, -0.2) is 0 Å². The normalized spacial score (nSPS) is 13.7. The van der Waals surface area contributed by atoms with Crippen molar-refractivity contribution in [2.75, 3.05) is 0 Å². The molecule has 0 radical (unpaired) electrons. The zero-order valence-electron chi connectivity index (χ0n) is 7.05. The van der Waals surface area contributed by atoms with Crippen LogP contribution in [0, 0.1) is 0 Å². The average molecular weight is 225 g/mol. The van der Waals surface area contributed by atoms with Crippen LogP contribution in [0.1, 0.15) is 0 Å². The van der Waals surface area contributed by atoms with Crippen molar-refractivity contribution in [2.24, 2.45) is 0 Å². The SMILES string of the molecule is O=c1ccn(C(F)=C(F)C(F)(F)F)cc1. The molecule has 0 bridgehead atoms. The number of hydrogen-bond acceptors (Lipinski definition) is 1. The Bertz CT molecular complexity index is 425. The first-order chi connectivity index (χ1) is 6.82. The van der Waals surface area contributed by atoms with Gasteiger partial charge in [0, 0.05) is 24.5 Å². The third-order valence-electron chi connectivity index (χ3n) is 1.46. The van der Waals surface area contributed by atoms with E-state index >= 15 is 0 Å². The predicted octanol–water partition coefficient (Wildman–Crippen LogP) is 2.48. The lowest BCUT2D eigenvalue weighted by Gasteiger charge is -2.06. The van der Waals surface area contributed by atoms with Crippen molar-refractivity contribution in [3.8, 4) is 0 Å². The molecule has 0 spiro atoms. The maximum absolute atomic E-state index is 12.8. The second-order valence-corrected chi connectivity index (χ2v) is 2.54. The van der Waals surface area contributed by atoms with Crippen LogP contribution in [0.4, 0.5) is 22.0 Å². The van der Waals surface area contributed by atoms with Crippen LogP contribution < -0.4 is 5.43 Å². The van der Waals surface area contributed by atoms with Gasteiger partial charge in [-0.05, 0) is 0 Å². The van der Waals surface area contributed by atoms with Crippen LogP contribution in [0.25, 0.3) is 5.95 Å². The van der Waals surface area contributed by atoms with Gasteiger partial charge in [-0.3, -0.25) is 9.36 Å². The Labute approximate surface area is 80.3 Å². The van der Waals surface area contributed by atoms with Crippen molar-refractivity contribution in [1.82, 2.24) is 4.57 Å². The molecule has 0 saturated carbocycles. The van der Waals surface area contributed by atoms with Crippen LogP contribution in [-0.4, -0.2) is 10.7 Å². The molecular formula is C8H4F5NO. The van der Waals surface area contributed by atoms with Gasteiger partial charge < -0.3 is 0 Å². The Morgan fingerprint density at radius 1 is 1.13 bits per heavy atom. The molecule has 0 fully saturated rings. The fourth-order valence-electron chi connectivity index (χ4n) is 0.774. The Balaban J connectivity index is 3.19. The zero-order chi connectivity index (χ0) is 11.6. The standard InChI is InChI=1S/C8H4F5NO/c9-6(8(11,12)13)7(10)14-3-1-5(15)2-4-14/h1-4H. The smallest absolute Gasteiger partial charge is 0.298 e. The molecule has 0 N–H and O–H groups in total. The Morgan fingerprint density at radius 3 is 2.00 bits per heavy atom. The van der Waals surface area contributed by atoms with Gasteiger partial charge >= 0.3 is 6.18 Å². The summed E-state index contributed by atoms with van der Waals surface area (Å²) in [5, 5.41) is 0. The fourth-order valence-corrected chi connectivity index (χ4v) is 0.774. The highest BCUT2D eigenvalue weighted by molar-refractivity contribution is 5.40. The van der Waals surface area contributed by atoms with Gasteiger partial charge in [0.15, 0.2) is 5.43 Å². The number of nitrogens with zero attached hydrogens (tertiary/aromatic N) is 1. The summed E-state index contributed by atoms with van der Waals surface area (Å²) in [6.07, 6.45) is -3.99. The Hall–Kier alpha value is -1.66. The molecule has 1 aromatic rings. The molecule has 15 heavy (non-hydrogen) atoms. The molecule has 0 aliphatic carbocycles. The number of aromatic nitrogens is 1. The van der Waals surface area contributed by atoms with E-state index in [0.29, 0.717) is 12.4 Å². The summed E-state index contributed by atoms with van der Waals surface area (Å²) in [5.41, 5.74) is -0.522. The lowest BCUT2D eigenvalue weighted by atomic mass is 10.4. The predicted molar refractivity (Wildman–Crippen MR) is 42.2 cm³/mol. The van der Waals surface area contributed by atoms with Crippen LogP contribution in [-0.2, 0) is 0 Å². The minimum atomic E-state index is -5.38. The van der Waals surface area contributed by atoms with Crippen LogP contribution >= 0.6 is 0 Å². The minimum Gasteiger partial charge on any atom is -0.298 e. The van der Waals surface area contributed by atoms with Crippen LogP contribution in [0.5, 0.6) is 0 Å². The first-order valence-electron chi connectivity index (χ1n) is 3.63. The molecule has 0 atom stereocenters. The molecule has 0 aromatic carbocycles. The van der Waals surface area contributed by atoms with Crippen LogP contribution in [0.3, 0.4) is 0 Å². The highest BCUT2D eigenvalue weighted by Gasteiger charge is 2.38. The molecule has 82 valence electrons. The number of allylic oxidation sites excluding steroid dienone is 1. The van der Waals surface area contributed by atoms with Crippen molar-refractivity contribution in [3.05, 3.63) is 40.6 Å². The van der Waals surface area contributed by atoms with Crippen LogP contribution in [0.15, 0.2) is 35.1 Å². The molecule has 1 heterocycles. The summed E-state index contributed by atoms with van der Waals surface area (Å²) in [7, 11) is 0. The third-order valence-corrected chi connectivity index (χ3v) is 1.46. The van der Waals surface area contributed by atoms with Gasteiger partial charge in [-0.1, -0.05) is 0 Å². The molecule has 0 saturated heterocycles. The van der Waals surface area contributed by atoms with E-state index in [1.54, 1.807) is 0 Å². The van der Waals surface area contributed by atoms with Gasteiger partial charge in [0.25, 0.3) is 5.83 Å². The van der Waals surface area contributed by atoms with Crippen molar-refractivity contribution < 1.29 is 22.0 Å².